The summed E-state index contributed by atoms with van der Waals surface area (Å²) < 4.78 is 11.6. The molecule has 0 amide bonds. The molecule has 2 saturated heterocycles. The van der Waals surface area contributed by atoms with E-state index in [4.69, 9.17) is 9.47 Å². The lowest BCUT2D eigenvalue weighted by Gasteiger charge is -2.28. The van der Waals surface area contributed by atoms with Gasteiger partial charge >= 0.3 is 0 Å². The molecule has 0 unspecified atom stereocenters. The molecular weight excluding hydrogens is 314 g/mol. The summed E-state index contributed by atoms with van der Waals surface area (Å²) in [7, 11) is 0. The highest BCUT2D eigenvalue weighted by Gasteiger charge is 2.27. The zero-order chi connectivity index (χ0) is 16.9. The molecule has 2 atom stereocenters. The zero-order valence-corrected chi connectivity index (χ0v) is 14.5. The lowest BCUT2D eigenvalue weighted by molar-refractivity contribution is -0.0111. The normalized spacial score (nSPS) is 24.5. The molecule has 132 valence electrons. The zero-order valence-electron chi connectivity index (χ0n) is 14.5. The number of ether oxygens (including phenoxy) is 2. The van der Waals surface area contributed by atoms with E-state index in [1.165, 1.54) is 0 Å². The van der Waals surface area contributed by atoms with Crippen LogP contribution in [0.5, 0.6) is 0 Å². The second kappa shape index (κ2) is 8.04. The summed E-state index contributed by atoms with van der Waals surface area (Å²) in [5, 5.41) is 8.78. The van der Waals surface area contributed by atoms with Crippen molar-refractivity contribution in [2.45, 2.75) is 31.5 Å². The van der Waals surface area contributed by atoms with E-state index in [1.807, 2.05) is 18.2 Å². The largest absolute Gasteiger partial charge is 0.379 e. The summed E-state index contributed by atoms with van der Waals surface area (Å²) in [6, 6.07) is 14.3. The molecule has 0 saturated carbocycles. The van der Waals surface area contributed by atoms with Gasteiger partial charge in [-0.3, -0.25) is 4.90 Å². The number of benzene rings is 1. The van der Waals surface area contributed by atoms with Crippen molar-refractivity contribution >= 4 is 0 Å². The van der Waals surface area contributed by atoms with Crippen LogP contribution in [0.3, 0.4) is 0 Å². The SMILES string of the molecule is c1ccc(-c2ccc(C[C@@H]3CC[C@H](CN4CCOCC4)O3)nn2)cc1. The van der Waals surface area contributed by atoms with Crippen LogP contribution in [0.25, 0.3) is 11.3 Å². The van der Waals surface area contributed by atoms with Crippen molar-refractivity contribution in [2.24, 2.45) is 0 Å². The van der Waals surface area contributed by atoms with Crippen molar-refractivity contribution in [2.75, 3.05) is 32.8 Å². The maximum Gasteiger partial charge on any atom is 0.0929 e. The third-order valence-electron chi connectivity index (χ3n) is 4.99. The van der Waals surface area contributed by atoms with Crippen molar-refractivity contribution < 1.29 is 9.47 Å². The molecule has 0 N–H and O–H groups in total. The van der Waals surface area contributed by atoms with Gasteiger partial charge in [-0.15, -0.1) is 0 Å². The van der Waals surface area contributed by atoms with E-state index >= 15 is 0 Å². The highest BCUT2D eigenvalue weighted by atomic mass is 16.5. The second-order valence-electron chi connectivity index (χ2n) is 6.85. The lowest BCUT2D eigenvalue weighted by Crippen LogP contribution is -2.41. The number of nitrogens with zero attached hydrogens (tertiary/aromatic N) is 3. The van der Waals surface area contributed by atoms with Crippen molar-refractivity contribution in [3.8, 4) is 11.3 Å². The summed E-state index contributed by atoms with van der Waals surface area (Å²) in [6.45, 7) is 4.77. The Hall–Kier alpha value is -1.82. The maximum absolute atomic E-state index is 6.23. The molecule has 2 aliphatic heterocycles. The third kappa shape index (κ3) is 4.42. The highest BCUT2D eigenvalue weighted by molar-refractivity contribution is 5.57. The molecule has 5 heteroatoms. The van der Waals surface area contributed by atoms with Crippen molar-refractivity contribution in [3.05, 3.63) is 48.2 Å². The van der Waals surface area contributed by atoms with Crippen LogP contribution in [0.15, 0.2) is 42.5 Å². The molecule has 25 heavy (non-hydrogen) atoms. The van der Waals surface area contributed by atoms with Gasteiger partial charge in [0.25, 0.3) is 0 Å². The van der Waals surface area contributed by atoms with Crippen LogP contribution in [0.4, 0.5) is 0 Å². The number of rotatable bonds is 5. The standard InChI is InChI=1S/C20H25N3O2/c1-2-4-16(5-3-1)20-9-6-17(21-22-20)14-18-7-8-19(25-18)15-23-10-12-24-13-11-23/h1-6,9,18-19H,7-8,10-15H2/t18-,19+/m0/s1. The Morgan fingerprint density at radius 3 is 2.48 bits per heavy atom. The number of hydrogen-bond acceptors (Lipinski definition) is 5. The molecule has 2 fully saturated rings. The van der Waals surface area contributed by atoms with E-state index in [-0.39, 0.29) is 6.10 Å². The minimum atomic E-state index is 0.267. The predicted octanol–water partition coefficient (Wildman–Crippen LogP) is 2.57. The van der Waals surface area contributed by atoms with E-state index in [2.05, 4.69) is 39.4 Å². The molecule has 0 spiro atoms. The molecular formula is C20H25N3O2. The average Bonchev–Trinajstić information content (AvgIpc) is 3.11. The van der Waals surface area contributed by atoms with Gasteiger partial charge in [-0.1, -0.05) is 30.3 Å². The van der Waals surface area contributed by atoms with Gasteiger partial charge in [0.15, 0.2) is 0 Å². The Morgan fingerprint density at radius 2 is 1.72 bits per heavy atom. The topological polar surface area (TPSA) is 47.5 Å². The van der Waals surface area contributed by atoms with Gasteiger partial charge in [-0.25, -0.2) is 0 Å². The summed E-state index contributed by atoms with van der Waals surface area (Å²) >= 11 is 0. The van der Waals surface area contributed by atoms with Gasteiger partial charge < -0.3 is 9.47 Å². The predicted molar refractivity (Wildman–Crippen MR) is 96.3 cm³/mol. The Balaban J connectivity index is 1.29. The summed E-state index contributed by atoms with van der Waals surface area (Å²) in [6.07, 6.45) is 3.71. The number of aromatic nitrogens is 2. The molecule has 0 radical (unpaired) electrons. The van der Waals surface area contributed by atoms with Crippen LogP contribution in [0.2, 0.25) is 0 Å². The van der Waals surface area contributed by atoms with Crippen molar-refractivity contribution in [3.63, 3.8) is 0 Å². The fourth-order valence-corrected chi connectivity index (χ4v) is 3.60. The van der Waals surface area contributed by atoms with Gasteiger partial charge in [-0.05, 0) is 25.0 Å². The van der Waals surface area contributed by atoms with Crippen LogP contribution < -0.4 is 0 Å². The van der Waals surface area contributed by atoms with E-state index in [0.29, 0.717) is 6.10 Å². The number of hydrogen-bond donors (Lipinski definition) is 0. The first-order valence-corrected chi connectivity index (χ1v) is 9.20. The number of morpholine rings is 1. The highest BCUT2D eigenvalue weighted by Crippen LogP contribution is 2.24. The van der Waals surface area contributed by atoms with E-state index in [0.717, 1.165) is 69.1 Å². The third-order valence-corrected chi connectivity index (χ3v) is 4.99. The Labute approximate surface area is 149 Å². The molecule has 2 aromatic rings. The smallest absolute Gasteiger partial charge is 0.0929 e. The summed E-state index contributed by atoms with van der Waals surface area (Å²) in [5.41, 5.74) is 3.03. The first kappa shape index (κ1) is 16.6. The lowest BCUT2D eigenvalue weighted by atomic mass is 10.1. The second-order valence-corrected chi connectivity index (χ2v) is 6.85. The van der Waals surface area contributed by atoms with Gasteiger partial charge in [0.1, 0.15) is 0 Å². The Kier molecular flexibility index (Phi) is 5.35. The van der Waals surface area contributed by atoms with Crippen LogP contribution in [0, 0.1) is 0 Å². The first-order chi connectivity index (χ1) is 12.4. The van der Waals surface area contributed by atoms with Gasteiger partial charge in [0.2, 0.25) is 0 Å². The van der Waals surface area contributed by atoms with E-state index < -0.39 is 0 Å². The maximum atomic E-state index is 6.23. The van der Waals surface area contributed by atoms with Gasteiger partial charge in [0, 0.05) is 31.6 Å². The minimum absolute atomic E-state index is 0.267. The van der Waals surface area contributed by atoms with Crippen molar-refractivity contribution in [1.82, 2.24) is 15.1 Å². The molecule has 5 nitrogen and oxygen atoms in total. The van der Waals surface area contributed by atoms with Crippen LogP contribution in [-0.2, 0) is 15.9 Å². The molecule has 1 aromatic heterocycles. The fraction of sp³-hybridized carbons (Fsp3) is 0.500. The molecule has 1 aromatic carbocycles. The van der Waals surface area contributed by atoms with Gasteiger partial charge in [-0.2, -0.15) is 10.2 Å². The van der Waals surface area contributed by atoms with Crippen LogP contribution in [0.1, 0.15) is 18.5 Å². The first-order valence-electron chi connectivity index (χ1n) is 9.20. The summed E-state index contributed by atoms with van der Waals surface area (Å²) in [5.74, 6) is 0. The molecule has 4 rings (SSSR count). The monoisotopic (exact) mass is 339 g/mol. The van der Waals surface area contributed by atoms with Crippen molar-refractivity contribution in [1.29, 1.82) is 0 Å². The molecule has 0 aliphatic carbocycles. The minimum Gasteiger partial charge on any atom is -0.379 e. The Morgan fingerprint density at radius 1 is 0.920 bits per heavy atom. The summed E-state index contributed by atoms with van der Waals surface area (Å²) in [4.78, 5) is 2.45. The molecule has 0 bridgehead atoms. The van der Waals surface area contributed by atoms with Gasteiger partial charge in [0.05, 0.1) is 36.8 Å². The molecule has 3 heterocycles. The quantitative estimate of drug-likeness (QED) is 0.838. The van der Waals surface area contributed by atoms with E-state index in [9.17, 15) is 0 Å². The van der Waals surface area contributed by atoms with Crippen LogP contribution >= 0.6 is 0 Å². The van der Waals surface area contributed by atoms with Crippen LogP contribution in [-0.4, -0.2) is 60.2 Å². The van der Waals surface area contributed by atoms with E-state index in [1.54, 1.807) is 0 Å². The Bertz CT molecular complexity index is 656. The molecule has 2 aliphatic rings. The average molecular weight is 339 g/mol. The fourth-order valence-electron chi connectivity index (χ4n) is 3.60.